The van der Waals surface area contributed by atoms with Crippen LogP contribution in [0.5, 0.6) is 0 Å². The maximum atomic E-state index is 12.8. The molecule has 0 fully saturated rings. The molecule has 0 bridgehead atoms. The highest BCUT2D eigenvalue weighted by Gasteiger charge is 2.30. The van der Waals surface area contributed by atoms with Gasteiger partial charge in [-0.3, -0.25) is 19.2 Å². The lowest BCUT2D eigenvalue weighted by molar-refractivity contribution is -0.146. The molecule has 0 aliphatic carbocycles. The summed E-state index contributed by atoms with van der Waals surface area (Å²) in [5, 5.41) is 7.21. The van der Waals surface area contributed by atoms with Crippen molar-refractivity contribution in [1.29, 1.82) is 0 Å². The molecule has 168 valence electrons. The number of esters is 1. The van der Waals surface area contributed by atoms with Gasteiger partial charge in [-0.1, -0.05) is 42.5 Å². The Bertz CT molecular complexity index is 1240. The summed E-state index contributed by atoms with van der Waals surface area (Å²) in [4.78, 5) is 50.9. The lowest BCUT2D eigenvalue weighted by Gasteiger charge is -2.27. The highest BCUT2D eigenvalue weighted by molar-refractivity contribution is 6.05. The molecule has 33 heavy (non-hydrogen) atoms. The molecule has 1 atom stereocenters. The summed E-state index contributed by atoms with van der Waals surface area (Å²) < 4.78 is 5.09. The zero-order chi connectivity index (χ0) is 23.4. The first kappa shape index (κ1) is 22.0. The third kappa shape index (κ3) is 5.01. The Morgan fingerprint density at radius 2 is 1.76 bits per heavy atom. The molecule has 1 aliphatic rings. The lowest BCUT2D eigenvalue weighted by Crippen LogP contribution is -2.42. The molecule has 0 unspecified atom stereocenters. The quantitative estimate of drug-likeness (QED) is 0.588. The number of fused-ring (bicyclic) bond motifs is 2. The molecule has 0 saturated carbocycles. The van der Waals surface area contributed by atoms with Gasteiger partial charge in [-0.25, -0.2) is 0 Å². The van der Waals surface area contributed by atoms with Crippen LogP contribution in [0.25, 0.3) is 10.8 Å². The van der Waals surface area contributed by atoms with Gasteiger partial charge in [-0.2, -0.15) is 0 Å². The third-order valence-electron chi connectivity index (χ3n) is 5.39. The fraction of sp³-hybridized carbons (Fsp3) is 0.200. The van der Waals surface area contributed by atoms with E-state index in [1.807, 2.05) is 30.3 Å². The van der Waals surface area contributed by atoms with E-state index in [4.69, 9.17) is 4.74 Å². The molecule has 2 N–H and O–H groups in total. The summed E-state index contributed by atoms with van der Waals surface area (Å²) in [5.41, 5.74) is 1.49. The summed E-state index contributed by atoms with van der Waals surface area (Å²) >= 11 is 0. The smallest absolute Gasteiger partial charge is 0.325 e. The van der Waals surface area contributed by atoms with Crippen LogP contribution in [0.1, 0.15) is 23.7 Å². The standard InChI is InChI=1S/C25H23N3O5/c1-16-12-22(29)27-20-8-4-5-9-21(20)28(16)23(30)15-33-24(31)14-26-25(32)19-11-10-17-6-2-3-7-18(17)13-19/h2-11,13,16H,12,14-15H2,1H3,(H,26,32)(H,27,29)/t16-/m1/s1. The number of hydrogen-bond acceptors (Lipinski definition) is 5. The minimum absolute atomic E-state index is 0.121. The Kier molecular flexibility index (Phi) is 6.35. The minimum Gasteiger partial charge on any atom is -0.454 e. The summed E-state index contributed by atoms with van der Waals surface area (Å²) in [7, 11) is 0. The molecule has 0 saturated heterocycles. The second-order valence-corrected chi connectivity index (χ2v) is 7.79. The van der Waals surface area contributed by atoms with Gasteiger partial charge in [0.05, 0.1) is 11.4 Å². The molecule has 3 amide bonds. The molecule has 0 spiro atoms. The number of nitrogens with zero attached hydrogens (tertiary/aromatic N) is 1. The van der Waals surface area contributed by atoms with Crippen molar-refractivity contribution in [2.45, 2.75) is 19.4 Å². The van der Waals surface area contributed by atoms with Crippen LogP contribution < -0.4 is 15.5 Å². The average Bonchev–Trinajstić information content (AvgIpc) is 2.94. The number of anilines is 2. The molecule has 0 aromatic heterocycles. The first-order chi connectivity index (χ1) is 15.9. The van der Waals surface area contributed by atoms with Crippen molar-refractivity contribution < 1.29 is 23.9 Å². The van der Waals surface area contributed by atoms with E-state index in [9.17, 15) is 19.2 Å². The van der Waals surface area contributed by atoms with E-state index in [2.05, 4.69) is 10.6 Å². The maximum Gasteiger partial charge on any atom is 0.325 e. The number of nitrogens with one attached hydrogen (secondary N) is 2. The van der Waals surface area contributed by atoms with Gasteiger partial charge in [0.1, 0.15) is 6.54 Å². The molecule has 8 heteroatoms. The molecular weight excluding hydrogens is 422 g/mol. The largest absolute Gasteiger partial charge is 0.454 e. The van der Waals surface area contributed by atoms with Gasteiger partial charge in [-0.05, 0) is 42.0 Å². The van der Waals surface area contributed by atoms with E-state index >= 15 is 0 Å². The predicted octanol–water partition coefficient (Wildman–Crippen LogP) is 2.88. The van der Waals surface area contributed by atoms with Crippen molar-refractivity contribution in [3.63, 3.8) is 0 Å². The van der Waals surface area contributed by atoms with Gasteiger partial charge < -0.3 is 20.3 Å². The SMILES string of the molecule is C[C@@H]1CC(=O)Nc2ccccc2N1C(=O)COC(=O)CNC(=O)c1ccc2ccccc2c1. The van der Waals surface area contributed by atoms with Crippen molar-refractivity contribution in [1.82, 2.24) is 5.32 Å². The molecule has 3 aromatic rings. The molecule has 8 nitrogen and oxygen atoms in total. The predicted molar refractivity (Wildman–Crippen MR) is 124 cm³/mol. The van der Waals surface area contributed by atoms with Crippen molar-refractivity contribution >= 4 is 45.8 Å². The van der Waals surface area contributed by atoms with Gasteiger partial charge in [0.2, 0.25) is 5.91 Å². The number of benzene rings is 3. The van der Waals surface area contributed by atoms with E-state index in [-0.39, 0.29) is 18.9 Å². The van der Waals surface area contributed by atoms with Crippen LogP contribution in [0, 0.1) is 0 Å². The van der Waals surface area contributed by atoms with E-state index in [0.29, 0.717) is 16.9 Å². The minimum atomic E-state index is -0.734. The van der Waals surface area contributed by atoms with Gasteiger partial charge >= 0.3 is 5.97 Å². The topological polar surface area (TPSA) is 105 Å². The number of hydrogen-bond donors (Lipinski definition) is 2. The summed E-state index contributed by atoms with van der Waals surface area (Å²) in [5.74, 6) is -1.80. The second kappa shape index (κ2) is 9.52. The van der Waals surface area contributed by atoms with Crippen LogP contribution in [0.2, 0.25) is 0 Å². The zero-order valence-corrected chi connectivity index (χ0v) is 18.0. The van der Waals surface area contributed by atoms with Crippen molar-refractivity contribution in [3.05, 3.63) is 72.3 Å². The molecule has 3 aromatic carbocycles. The van der Waals surface area contributed by atoms with E-state index in [1.54, 1.807) is 43.3 Å². The van der Waals surface area contributed by atoms with Crippen LogP contribution in [-0.2, 0) is 19.1 Å². The van der Waals surface area contributed by atoms with Crippen molar-refractivity contribution in [2.24, 2.45) is 0 Å². The highest BCUT2D eigenvalue weighted by atomic mass is 16.5. The fourth-order valence-electron chi connectivity index (χ4n) is 3.82. The summed E-state index contributed by atoms with van der Waals surface area (Å²) in [6, 6.07) is 19.4. The fourth-order valence-corrected chi connectivity index (χ4v) is 3.82. The summed E-state index contributed by atoms with van der Waals surface area (Å²) in [6.45, 7) is 0.883. The molecule has 1 heterocycles. The van der Waals surface area contributed by atoms with E-state index < -0.39 is 30.4 Å². The maximum absolute atomic E-state index is 12.8. The third-order valence-corrected chi connectivity index (χ3v) is 5.39. The second-order valence-electron chi connectivity index (χ2n) is 7.79. The zero-order valence-electron chi connectivity index (χ0n) is 18.0. The number of amides is 3. The number of rotatable bonds is 5. The van der Waals surface area contributed by atoms with Gasteiger partial charge in [0.15, 0.2) is 6.61 Å². The normalized spacial score (nSPS) is 15.2. The number of carbonyl (C=O) groups is 4. The van der Waals surface area contributed by atoms with Crippen molar-refractivity contribution in [3.8, 4) is 0 Å². The molecule has 4 rings (SSSR count). The Morgan fingerprint density at radius 3 is 2.58 bits per heavy atom. The van der Waals surface area contributed by atoms with Crippen LogP contribution in [0.4, 0.5) is 11.4 Å². The van der Waals surface area contributed by atoms with Crippen LogP contribution in [0.15, 0.2) is 66.7 Å². The number of ether oxygens (including phenoxy) is 1. The molecule has 0 radical (unpaired) electrons. The molecular formula is C25H23N3O5. The van der Waals surface area contributed by atoms with Gasteiger partial charge in [0.25, 0.3) is 11.8 Å². The first-order valence-corrected chi connectivity index (χ1v) is 10.6. The van der Waals surface area contributed by atoms with Crippen LogP contribution in [-0.4, -0.2) is 42.9 Å². The molecule has 1 aliphatic heterocycles. The monoisotopic (exact) mass is 445 g/mol. The first-order valence-electron chi connectivity index (χ1n) is 10.6. The lowest BCUT2D eigenvalue weighted by atomic mass is 10.1. The number of carbonyl (C=O) groups excluding carboxylic acids is 4. The average molecular weight is 445 g/mol. The van der Waals surface area contributed by atoms with Gasteiger partial charge in [0, 0.05) is 18.0 Å². The van der Waals surface area contributed by atoms with E-state index in [0.717, 1.165) is 10.8 Å². The van der Waals surface area contributed by atoms with E-state index in [1.165, 1.54) is 4.90 Å². The Balaban J connectivity index is 1.34. The Morgan fingerprint density at radius 1 is 1.03 bits per heavy atom. The van der Waals surface area contributed by atoms with Crippen LogP contribution >= 0.6 is 0 Å². The van der Waals surface area contributed by atoms with Crippen molar-refractivity contribution in [2.75, 3.05) is 23.4 Å². The Hall–Kier alpha value is -4.20. The summed E-state index contributed by atoms with van der Waals surface area (Å²) in [6.07, 6.45) is 0.121. The number of para-hydroxylation sites is 2. The van der Waals surface area contributed by atoms with Crippen LogP contribution in [0.3, 0.4) is 0 Å². The highest BCUT2D eigenvalue weighted by Crippen LogP contribution is 2.31. The Labute approximate surface area is 190 Å². The van der Waals surface area contributed by atoms with Gasteiger partial charge in [-0.15, -0.1) is 0 Å².